The molecule has 0 radical (unpaired) electrons. The van der Waals surface area contributed by atoms with Crippen molar-refractivity contribution in [2.75, 3.05) is 6.54 Å². The Hall–Kier alpha value is -2.22. The van der Waals surface area contributed by atoms with Crippen LogP contribution in [-0.4, -0.2) is 38.4 Å². The van der Waals surface area contributed by atoms with Crippen LogP contribution in [0.3, 0.4) is 0 Å². The smallest absolute Gasteiger partial charge is 0.372 e. The molecule has 0 atom stereocenters. The maximum atomic E-state index is 12.0. The number of carbonyl (C=O) groups is 2. The van der Waals surface area contributed by atoms with Crippen molar-refractivity contribution in [1.82, 2.24) is 14.9 Å². The Balaban J connectivity index is 2.18. The summed E-state index contributed by atoms with van der Waals surface area (Å²) in [6.45, 7) is 2.52. The summed E-state index contributed by atoms with van der Waals surface area (Å²) in [6.07, 6.45) is 0.589. The van der Waals surface area contributed by atoms with Gasteiger partial charge in [-0.05, 0) is 12.0 Å². The van der Waals surface area contributed by atoms with Gasteiger partial charge in [0.15, 0.2) is 0 Å². The molecule has 2 aromatic heterocycles. The quantitative estimate of drug-likeness (QED) is 0.800. The molecule has 1 amide bonds. The summed E-state index contributed by atoms with van der Waals surface area (Å²) in [4.78, 5) is 43.6. The Labute approximate surface area is 116 Å². The molecule has 20 heavy (non-hydrogen) atoms. The van der Waals surface area contributed by atoms with E-state index in [0.29, 0.717) is 29.7 Å². The van der Waals surface area contributed by atoms with Gasteiger partial charge in [-0.3, -0.25) is 9.59 Å². The van der Waals surface area contributed by atoms with Crippen LogP contribution in [0, 0.1) is 0 Å². The van der Waals surface area contributed by atoms with Gasteiger partial charge in [-0.1, -0.05) is 0 Å². The third-order valence-corrected chi connectivity index (χ3v) is 4.47. The molecule has 1 aliphatic heterocycles. The van der Waals surface area contributed by atoms with Gasteiger partial charge in [-0.2, -0.15) is 0 Å². The lowest BCUT2D eigenvalue weighted by Gasteiger charge is -2.25. The normalized spacial score (nSPS) is 14.3. The molecule has 104 valence electrons. The van der Waals surface area contributed by atoms with Crippen LogP contribution >= 0.6 is 11.3 Å². The Morgan fingerprint density at radius 3 is 2.85 bits per heavy atom. The molecule has 8 heteroatoms. The van der Waals surface area contributed by atoms with Crippen LogP contribution in [0.4, 0.5) is 0 Å². The van der Waals surface area contributed by atoms with Gasteiger partial charge in [0.1, 0.15) is 4.83 Å². The summed E-state index contributed by atoms with van der Waals surface area (Å²) in [5.41, 5.74) is 0.453. The molecule has 0 aliphatic carbocycles. The molecule has 0 saturated carbocycles. The average molecular weight is 293 g/mol. The van der Waals surface area contributed by atoms with Crippen LogP contribution in [0.2, 0.25) is 0 Å². The van der Waals surface area contributed by atoms with E-state index in [-0.39, 0.29) is 11.7 Å². The molecule has 0 spiro atoms. The maximum Gasteiger partial charge on any atom is 0.372 e. The Bertz CT molecular complexity index is 792. The molecule has 2 aromatic rings. The SMILES string of the molecule is CC(=O)N1CCc2c(sc3nc(C(=O)O)[nH]c(=O)c23)C1. The topological polar surface area (TPSA) is 103 Å². The number of carbonyl (C=O) groups excluding carboxylic acids is 1. The second-order valence-electron chi connectivity index (χ2n) is 4.59. The van der Waals surface area contributed by atoms with Gasteiger partial charge in [0.05, 0.1) is 11.9 Å². The second kappa shape index (κ2) is 4.41. The van der Waals surface area contributed by atoms with Crippen molar-refractivity contribution < 1.29 is 14.7 Å². The van der Waals surface area contributed by atoms with E-state index in [1.807, 2.05) is 0 Å². The maximum absolute atomic E-state index is 12.0. The summed E-state index contributed by atoms with van der Waals surface area (Å²) < 4.78 is 0. The fourth-order valence-electron chi connectivity index (χ4n) is 2.37. The van der Waals surface area contributed by atoms with Crippen molar-refractivity contribution in [2.24, 2.45) is 0 Å². The number of fused-ring (bicyclic) bond motifs is 3. The van der Waals surface area contributed by atoms with Gasteiger partial charge in [0, 0.05) is 18.3 Å². The number of hydrogen-bond acceptors (Lipinski definition) is 5. The van der Waals surface area contributed by atoms with Crippen LogP contribution < -0.4 is 5.56 Å². The minimum atomic E-state index is -1.26. The highest BCUT2D eigenvalue weighted by Crippen LogP contribution is 2.32. The predicted octanol–water partition coefficient (Wildman–Crippen LogP) is 0.587. The van der Waals surface area contributed by atoms with Gasteiger partial charge in [-0.15, -0.1) is 11.3 Å². The average Bonchev–Trinajstić information content (AvgIpc) is 2.75. The van der Waals surface area contributed by atoms with Crippen LogP contribution in [0.1, 0.15) is 28.0 Å². The first-order valence-electron chi connectivity index (χ1n) is 6.00. The summed E-state index contributed by atoms with van der Waals surface area (Å²) in [7, 11) is 0. The first kappa shape index (κ1) is 12.8. The summed E-state index contributed by atoms with van der Waals surface area (Å²) in [6, 6.07) is 0. The number of aromatic carboxylic acids is 1. The monoisotopic (exact) mass is 293 g/mol. The standard InChI is InChI=1S/C12H11N3O4S/c1-5(16)15-3-2-6-7(4-15)20-11-8(6)10(17)13-9(14-11)12(18)19/h2-4H2,1H3,(H,18,19)(H,13,14,17). The Kier molecular flexibility index (Phi) is 2.82. The Morgan fingerprint density at radius 1 is 1.45 bits per heavy atom. The zero-order valence-electron chi connectivity index (χ0n) is 10.6. The highest BCUT2D eigenvalue weighted by atomic mass is 32.1. The molecule has 3 rings (SSSR count). The predicted molar refractivity (Wildman–Crippen MR) is 72.0 cm³/mol. The van der Waals surface area contributed by atoms with Gasteiger partial charge in [0.2, 0.25) is 11.7 Å². The van der Waals surface area contributed by atoms with E-state index in [0.717, 1.165) is 10.4 Å². The number of aromatic nitrogens is 2. The number of thiophene rings is 1. The van der Waals surface area contributed by atoms with E-state index in [9.17, 15) is 14.4 Å². The van der Waals surface area contributed by atoms with E-state index in [1.165, 1.54) is 18.3 Å². The molecule has 3 heterocycles. The first-order valence-corrected chi connectivity index (χ1v) is 6.82. The lowest BCUT2D eigenvalue weighted by molar-refractivity contribution is -0.129. The van der Waals surface area contributed by atoms with Crippen molar-refractivity contribution in [3.63, 3.8) is 0 Å². The first-order chi connectivity index (χ1) is 9.47. The van der Waals surface area contributed by atoms with Gasteiger partial charge in [-0.25, -0.2) is 9.78 Å². The minimum Gasteiger partial charge on any atom is -0.475 e. The molecular weight excluding hydrogens is 282 g/mol. The lowest BCUT2D eigenvalue weighted by Crippen LogP contribution is -2.33. The van der Waals surface area contributed by atoms with Crippen molar-refractivity contribution in [1.29, 1.82) is 0 Å². The number of H-pyrrole nitrogens is 1. The largest absolute Gasteiger partial charge is 0.475 e. The highest BCUT2D eigenvalue weighted by Gasteiger charge is 2.25. The number of carboxylic acids is 1. The molecular formula is C12H11N3O4S. The van der Waals surface area contributed by atoms with Crippen LogP contribution in [-0.2, 0) is 17.8 Å². The molecule has 0 fully saturated rings. The number of amides is 1. The minimum absolute atomic E-state index is 0.0128. The Morgan fingerprint density at radius 2 is 2.20 bits per heavy atom. The third kappa shape index (κ3) is 1.88. The second-order valence-corrected chi connectivity index (χ2v) is 5.68. The molecule has 1 aliphatic rings. The molecule has 0 bridgehead atoms. The molecule has 2 N–H and O–H groups in total. The number of hydrogen-bond donors (Lipinski definition) is 2. The molecule has 0 unspecified atom stereocenters. The van der Waals surface area contributed by atoms with E-state index >= 15 is 0 Å². The summed E-state index contributed by atoms with van der Waals surface area (Å²) in [5, 5.41) is 9.36. The number of aromatic amines is 1. The lowest BCUT2D eigenvalue weighted by atomic mass is 10.1. The van der Waals surface area contributed by atoms with Crippen LogP contribution in [0.25, 0.3) is 10.2 Å². The summed E-state index contributed by atoms with van der Waals surface area (Å²) in [5.74, 6) is -1.63. The van der Waals surface area contributed by atoms with E-state index in [4.69, 9.17) is 5.11 Å². The fraction of sp³-hybridized carbons (Fsp3) is 0.333. The van der Waals surface area contributed by atoms with E-state index in [2.05, 4.69) is 9.97 Å². The number of rotatable bonds is 1. The molecule has 0 aromatic carbocycles. The van der Waals surface area contributed by atoms with Crippen molar-refractivity contribution >= 4 is 33.4 Å². The zero-order chi connectivity index (χ0) is 14.4. The van der Waals surface area contributed by atoms with E-state index in [1.54, 1.807) is 4.90 Å². The highest BCUT2D eigenvalue weighted by molar-refractivity contribution is 7.18. The van der Waals surface area contributed by atoms with Gasteiger partial charge in [0.25, 0.3) is 5.56 Å². The molecule has 0 saturated heterocycles. The van der Waals surface area contributed by atoms with E-state index < -0.39 is 11.5 Å². The molecule has 7 nitrogen and oxygen atoms in total. The van der Waals surface area contributed by atoms with Crippen molar-refractivity contribution in [3.8, 4) is 0 Å². The fourth-order valence-corrected chi connectivity index (χ4v) is 3.61. The third-order valence-electron chi connectivity index (χ3n) is 3.36. The number of nitrogens with zero attached hydrogens (tertiary/aromatic N) is 2. The number of nitrogens with one attached hydrogen (secondary N) is 1. The van der Waals surface area contributed by atoms with Gasteiger partial charge < -0.3 is 15.0 Å². The van der Waals surface area contributed by atoms with Crippen LogP contribution in [0.15, 0.2) is 4.79 Å². The number of carboxylic acid groups (broad SMARTS) is 1. The summed E-state index contributed by atoms with van der Waals surface area (Å²) >= 11 is 1.28. The van der Waals surface area contributed by atoms with Crippen molar-refractivity contribution in [2.45, 2.75) is 19.9 Å². The van der Waals surface area contributed by atoms with Crippen molar-refractivity contribution in [3.05, 3.63) is 26.6 Å². The van der Waals surface area contributed by atoms with Crippen LogP contribution in [0.5, 0.6) is 0 Å². The van der Waals surface area contributed by atoms with Gasteiger partial charge >= 0.3 is 5.97 Å². The zero-order valence-corrected chi connectivity index (χ0v) is 11.4.